The van der Waals surface area contributed by atoms with Gasteiger partial charge in [0.05, 0.1) is 37.1 Å². The Kier molecular flexibility index (Phi) is 7.82. The van der Waals surface area contributed by atoms with Crippen molar-refractivity contribution in [1.82, 2.24) is 4.98 Å². The first-order valence-electron chi connectivity index (χ1n) is 12.0. The van der Waals surface area contributed by atoms with Gasteiger partial charge in [-0.1, -0.05) is 23.5 Å². The molecule has 1 N–H and O–H groups in total. The molecule has 2 aromatic carbocycles. The van der Waals surface area contributed by atoms with Crippen molar-refractivity contribution in [3.05, 3.63) is 75.8 Å². The fraction of sp³-hybridized carbons (Fsp3) is 0.286. The van der Waals surface area contributed by atoms with Crippen LogP contribution in [0, 0.1) is 6.92 Å². The lowest BCUT2D eigenvalue weighted by atomic mass is 9.95. The number of aryl methyl sites for hydroxylation is 1. The molecular weight excluding hydrogens is 508 g/mol. The molecule has 4 rings (SSSR count). The maximum Gasteiger partial charge on any atom is 0.350 e. The zero-order valence-electron chi connectivity index (χ0n) is 21.7. The van der Waals surface area contributed by atoms with E-state index in [1.165, 1.54) is 12.0 Å². The van der Waals surface area contributed by atoms with E-state index >= 15 is 0 Å². The Balaban J connectivity index is 1.85. The second-order valence-corrected chi connectivity index (χ2v) is 9.74. The monoisotopic (exact) mass is 536 g/mol. The van der Waals surface area contributed by atoms with E-state index in [-0.39, 0.29) is 34.1 Å². The number of amides is 1. The van der Waals surface area contributed by atoms with Crippen LogP contribution in [-0.2, 0) is 14.3 Å². The lowest BCUT2D eigenvalue weighted by Gasteiger charge is -2.23. The number of Topliss-reactive ketones (excluding diaryl/α,β-unsaturated/α-hetero) is 1. The summed E-state index contributed by atoms with van der Waals surface area (Å²) in [5, 5.41) is 11.5. The van der Waals surface area contributed by atoms with Crippen LogP contribution in [0.1, 0.15) is 53.3 Å². The maximum absolute atomic E-state index is 13.4. The van der Waals surface area contributed by atoms with Crippen molar-refractivity contribution in [2.45, 2.75) is 39.8 Å². The molecule has 198 valence electrons. The summed E-state index contributed by atoms with van der Waals surface area (Å²) >= 11 is 0.956. The van der Waals surface area contributed by atoms with Crippen LogP contribution < -0.4 is 14.4 Å². The standard InChI is InChI=1S/C28H28N2O7S/c1-6-36-27(34)25-16(4)29-28(38-25)30-22(17-7-11-19(35-5)12-8-17)21(24(32)26(30)33)23(31)18-9-13-20(14-10-18)37-15(2)3/h7-15,22,31H,6H2,1-5H3/b23-21+. The van der Waals surface area contributed by atoms with Crippen LogP contribution in [0.4, 0.5) is 5.13 Å². The Morgan fingerprint density at radius 3 is 2.29 bits per heavy atom. The summed E-state index contributed by atoms with van der Waals surface area (Å²) in [6, 6.07) is 12.4. The second kappa shape index (κ2) is 11.1. The third-order valence-corrected chi connectivity index (χ3v) is 6.96. The van der Waals surface area contributed by atoms with Crippen LogP contribution in [0.15, 0.2) is 54.1 Å². The molecule has 1 saturated heterocycles. The van der Waals surface area contributed by atoms with Crippen molar-refractivity contribution >= 4 is 39.9 Å². The van der Waals surface area contributed by atoms with Gasteiger partial charge < -0.3 is 19.3 Å². The Hall–Kier alpha value is -4.18. The number of hydrogen-bond donors (Lipinski definition) is 1. The molecule has 1 aromatic heterocycles. The van der Waals surface area contributed by atoms with Crippen LogP contribution in [0.5, 0.6) is 11.5 Å². The van der Waals surface area contributed by atoms with E-state index in [1.54, 1.807) is 62.4 Å². The highest BCUT2D eigenvalue weighted by atomic mass is 32.1. The number of hydrogen-bond acceptors (Lipinski definition) is 9. The molecule has 38 heavy (non-hydrogen) atoms. The minimum absolute atomic E-state index is 0.0314. The molecule has 0 bridgehead atoms. The van der Waals surface area contributed by atoms with Crippen molar-refractivity contribution in [3.63, 3.8) is 0 Å². The number of methoxy groups -OCH3 is 1. The molecule has 0 spiro atoms. The summed E-state index contributed by atoms with van der Waals surface area (Å²) in [7, 11) is 1.53. The number of nitrogens with zero attached hydrogens (tertiary/aromatic N) is 2. The van der Waals surface area contributed by atoms with E-state index in [4.69, 9.17) is 14.2 Å². The zero-order valence-corrected chi connectivity index (χ0v) is 22.5. The number of thiazole rings is 1. The third-order valence-electron chi connectivity index (χ3n) is 5.83. The first-order chi connectivity index (χ1) is 18.2. The summed E-state index contributed by atoms with van der Waals surface area (Å²) in [6.45, 7) is 7.31. The van der Waals surface area contributed by atoms with E-state index in [0.717, 1.165) is 11.3 Å². The largest absolute Gasteiger partial charge is 0.507 e. The molecule has 0 saturated carbocycles. The normalized spacial score (nSPS) is 16.7. The van der Waals surface area contributed by atoms with E-state index in [9.17, 15) is 19.5 Å². The van der Waals surface area contributed by atoms with Gasteiger partial charge in [-0.3, -0.25) is 14.5 Å². The minimum atomic E-state index is -0.993. The van der Waals surface area contributed by atoms with Crippen LogP contribution in [0.3, 0.4) is 0 Å². The highest BCUT2D eigenvalue weighted by Crippen LogP contribution is 2.44. The third kappa shape index (κ3) is 5.12. The second-order valence-electron chi connectivity index (χ2n) is 8.76. The molecule has 10 heteroatoms. The van der Waals surface area contributed by atoms with E-state index in [0.29, 0.717) is 28.3 Å². The highest BCUT2D eigenvalue weighted by molar-refractivity contribution is 7.17. The van der Waals surface area contributed by atoms with Gasteiger partial charge in [0, 0.05) is 5.56 Å². The van der Waals surface area contributed by atoms with Gasteiger partial charge in [0.25, 0.3) is 5.78 Å². The maximum atomic E-state index is 13.4. The fourth-order valence-corrected chi connectivity index (χ4v) is 5.11. The number of esters is 1. The number of benzene rings is 2. The highest BCUT2D eigenvalue weighted by Gasteiger charge is 2.48. The van der Waals surface area contributed by atoms with Gasteiger partial charge in [0.2, 0.25) is 0 Å². The van der Waals surface area contributed by atoms with Crippen LogP contribution in [0.2, 0.25) is 0 Å². The number of carbonyl (C=O) groups is 3. The molecule has 1 atom stereocenters. The molecule has 1 aliphatic heterocycles. The van der Waals surface area contributed by atoms with Crippen molar-refractivity contribution in [1.29, 1.82) is 0 Å². The van der Waals surface area contributed by atoms with E-state index < -0.39 is 23.7 Å². The number of ketones is 1. The average Bonchev–Trinajstić information content (AvgIpc) is 3.40. The van der Waals surface area contributed by atoms with Crippen molar-refractivity contribution in [3.8, 4) is 11.5 Å². The van der Waals surface area contributed by atoms with Gasteiger partial charge in [0.15, 0.2) is 5.13 Å². The minimum Gasteiger partial charge on any atom is -0.507 e. The molecule has 1 amide bonds. The van der Waals surface area contributed by atoms with Crippen molar-refractivity contribution in [2.75, 3.05) is 18.6 Å². The lowest BCUT2D eigenvalue weighted by molar-refractivity contribution is -0.132. The molecule has 0 aliphatic carbocycles. The number of rotatable bonds is 8. The summed E-state index contributed by atoms with van der Waals surface area (Å²) in [4.78, 5) is 45.1. The number of aliphatic hydroxyl groups excluding tert-OH is 1. The van der Waals surface area contributed by atoms with Crippen molar-refractivity contribution < 1.29 is 33.7 Å². The predicted molar refractivity (Wildman–Crippen MR) is 143 cm³/mol. The molecule has 0 radical (unpaired) electrons. The number of aromatic nitrogens is 1. The summed E-state index contributed by atoms with van der Waals surface area (Å²) in [6.07, 6.45) is -0.0314. The van der Waals surface area contributed by atoms with E-state index in [1.807, 2.05) is 13.8 Å². The van der Waals surface area contributed by atoms with Gasteiger partial charge in [-0.25, -0.2) is 9.78 Å². The Morgan fingerprint density at radius 2 is 1.71 bits per heavy atom. The van der Waals surface area contributed by atoms with E-state index in [2.05, 4.69) is 4.98 Å². The van der Waals surface area contributed by atoms with Crippen molar-refractivity contribution in [2.24, 2.45) is 0 Å². The molecule has 1 aliphatic rings. The van der Waals surface area contributed by atoms with Crippen LogP contribution in [-0.4, -0.2) is 47.6 Å². The Morgan fingerprint density at radius 1 is 1.08 bits per heavy atom. The molecule has 2 heterocycles. The molecule has 3 aromatic rings. The van der Waals surface area contributed by atoms with Gasteiger partial charge in [-0.05, 0) is 69.7 Å². The van der Waals surface area contributed by atoms with Gasteiger partial charge in [-0.2, -0.15) is 0 Å². The van der Waals surface area contributed by atoms with Gasteiger partial charge in [-0.15, -0.1) is 0 Å². The summed E-state index contributed by atoms with van der Waals surface area (Å²) in [5.74, 6) is -1.43. The van der Waals surface area contributed by atoms with Crippen LogP contribution in [0.25, 0.3) is 5.76 Å². The molecular formula is C28H28N2O7S. The van der Waals surface area contributed by atoms with Gasteiger partial charge in [0.1, 0.15) is 22.1 Å². The fourth-order valence-electron chi connectivity index (χ4n) is 4.12. The summed E-state index contributed by atoms with van der Waals surface area (Å²) in [5.41, 5.74) is 1.18. The SMILES string of the molecule is CCOC(=O)c1sc(N2C(=O)C(=O)/C(=C(/O)c3ccc(OC(C)C)cc3)C2c2ccc(OC)cc2)nc1C. The zero-order chi connectivity index (χ0) is 27.6. The Bertz CT molecular complexity index is 1390. The lowest BCUT2D eigenvalue weighted by Crippen LogP contribution is -2.29. The number of aliphatic hydroxyl groups is 1. The number of ether oxygens (including phenoxy) is 3. The predicted octanol–water partition coefficient (Wildman–Crippen LogP) is 5.05. The first-order valence-corrected chi connectivity index (χ1v) is 12.8. The quantitative estimate of drug-likeness (QED) is 0.184. The number of carbonyl (C=O) groups excluding carboxylic acids is 3. The Labute approximate surface area is 224 Å². The summed E-state index contributed by atoms with van der Waals surface area (Å²) < 4.78 is 16.0. The first kappa shape index (κ1) is 26.9. The molecule has 1 unspecified atom stereocenters. The molecule has 1 fully saturated rings. The van der Waals surface area contributed by atoms with Crippen LogP contribution >= 0.6 is 11.3 Å². The molecule has 9 nitrogen and oxygen atoms in total. The smallest absolute Gasteiger partial charge is 0.350 e. The average molecular weight is 537 g/mol. The topological polar surface area (TPSA) is 115 Å². The number of anilines is 1. The van der Waals surface area contributed by atoms with Gasteiger partial charge >= 0.3 is 11.9 Å².